The average molecular weight is 566 g/mol. The summed E-state index contributed by atoms with van der Waals surface area (Å²) in [7, 11) is 4.54. The van der Waals surface area contributed by atoms with E-state index in [9.17, 15) is 9.59 Å². The Morgan fingerprint density at radius 2 is 1.73 bits per heavy atom. The molecule has 4 rings (SSSR count). The monoisotopic (exact) mass is 565 g/mol. The second-order valence-electron chi connectivity index (χ2n) is 8.54. The van der Waals surface area contributed by atoms with E-state index >= 15 is 0 Å². The minimum absolute atomic E-state index is 0.0193. The molecule has 10 nitrogen and oxygen atoms in total. The fraction of sp³-hybridized carbons (Fsp3) is 0.241. The Morgan fingerprint density at radius 3 is 2.42 bits per heavy atom. The number of methoxy groups -OCH3 is 3. The number of hydrogen-bond acceptors (Lipinski definition) is 9. The van der Waals surface area contributed by atoms with Gasteiger partial charge in [0.05, 0.1) is 38.4 Å². The number of pyridine rings is 1. The summed E-state index contributed by atoms with van der Waals surface area (Å²) < 4.78 is 27.6. The van der Waals surface area contributed by atoms with Crippen LogP contribution in [0.4, 0.5) is 11.4 Å². The number of ether oxygens (including phenoxy) is 4. The molecular weight excluding hydrogens is 538 g/mol. The summed E-state index contributed by atoms with van der Waals surface area (Å²) >= 11 is 6.17. The smallest absolute Gasteiger partial charge is 0.305 e. The van der Waals surface area contributed by atoms with E-state index in [1.54, 1.807) is 62.5 Å². The van der Waals surface area contributed by atoms with Gasteiger partial charge in [0.25, 0.3) is 5.91 Å². The number of esters is 1. The van der Waals surface area contributed by atoms with Gasteiger partial charge in [0, 0.05) is 34.7 Å². The van der Waals surface area contributed by atoms with Crippen molar-refractivity contribution in [2.75, 3.05) is 26.6 Å². The minimum atomic E-state index is -0.531. The number of carbonyl (C=O) groups excluding carboxylic acids is 2. The summed E-state index contributed by atoms with van der Waals surface area (Å²) in [5.74, 6) is 0.501. The molecule has 0 aliphatic heterocycles. The largest absolute Gasteiger partial charge is 0.495 e. The molecular formula is C29H28ClN3O7. The van der Waals surface area contributed by atoms with Crippen molar-refractivity contribution in [1.29, 1.82) is 0 Å². The third-order valence-corrected chi connectivity index (χ3v) is 6.22. The molecule has 0 bridgehead atoms. The molecule has 2 aromatic carbocycles. The van der Waals surface area contributed by atoms with E-state index in [0.717, 1.165) is 0 Å². The van der Waals surface area contributed by atoms with Crippen LogP contribution < -0.4 is 25.1 Å². The molecule has 0 fully saturated rings. The fourth-order valence-corrected chi connectivity index (χ4v) is 4.06. The molecule has 208 valence electrons. The van der Waals surface area contributed by atoms with Gasteiger partial charge in [0.2, 0.25) is 5.55 Å². The van der Waals surface area contributed by atoms with Crippen molar-refractivity contribution >= 4 is 45.8 Å². The van der Waals surface area contributed by atoms with Crippen molar-refractivity contribution in [2.24, 2.45) is 4.99 Å². The van der Waals surface area contributed by atoms with Crippen LogP contribution in [-0.2, 0) is 16.1 Å². The van der Waals surface area contributed by atoms with Crippen molar-refractivity contribution in [3.63, 3.8) is 0 Å². The van der Waals surface area contributed by atoms with E-state index in [1.165, 1.54) is 21.3 Å². The first kappa shape index (κ1) is 28.4. The highest BCUT2D eigenvalue weighted by Gasteiger charge is 2.19. The normalized spacial score (nSPS) is 11.3. The number of aromatic nitrogens is 1. The Morgan fingerprint density at radius 1 is 1.00 bits per heavy atom. The lowest BCUT2D eigenvalue weighted by Gasteiger charge is -2.13. The Bertz CT molecular complexity index is 1650. The first-order chi connectivity index (χ1) is 19.3. The molecule has 0 radical (unpaired) electrons. The molecule has 0 aliphatic rings. The van der Waals surface area contributed by atoms with Crippen molar-refractivity contribution in [3.8, 4) is 17.2 Å². The predicted octanol–water partition coefficient (Wildman–Crippen LogP) is 5.75. The Kier molecular flexibility index (Phi) is 8.90. The molecule has 0 spiro atoms. The van der Waals surface area contributed by atoms with Crippen LogP contribution in [0.3, 0.4) is 0 Å². The lowest BCUT2D eigenvalue weighted by Crippen LogP contribution is -2.22. The van der Waals surface area contributed by atoms with Gasteiger partial charge in [-0.15, -0.1) is 0 Å². The molecule has 0 saturated heterocycles. The number of carbonyl (C=O) groups is 2. The number of nitrogens with one attached hydrogen (secondary N) is 1. The van der Waals surface area contributed by atoms with Crippen LogP contribution in [0.15, 0.2) is 58.1 Å². The Hall–Kier alpha value is -4.57. The van der Waals surface area contributed by atoms with E-state index in [2.05, 4.69) is 15.3 Å². The number of benzene rings is 2. The fourth-order valence-electron chi connectivity index (χ4n) is 3.89. The Labute approximate surface area is 235 Å². The van der Waals surface area contributed by atoms with Gasteiger partial charge < -0.3 is 28.7 Å². The average Bonchev–Trinajstić information content (AvgIpc) is 2.96. The highest BCUT2D eigenvalue weighted by Crippen LogP contribution is 2.32. The molecule has 1 amide bonds. The number of nitrogens with zero attached hydrogens (tertiary/aromatic N) is 2. The number of halogens is 1. The zero-order valence-corrected chi connectivity index (χ0v) is 23.4. The lowest BCUT2D eigenvalue weighted by molar-refractivity contribution is -0.144. The molecule has 11 heteroatoms. The number of aryl methyl sites for hydroxylation is 1. The zero-order chi connectivity index (χ0) is 28.8. The van der Waals surface area contributed by atoms with Gasteiger partial charge in [-0.25, -0.2) is 4.99 Å². The summed E-state index contributed by atoms with van der Waals surface area (Å²) in [6.45, 7) is 3.43. The maximum Gasteiger partial charge on any atom is 0.305 e. The maximum atomic E-state index is 13.7. The van der Waals surface area contributed by atoms with Gasteiger partial charge in [-0.2, -0.15) is 0 Å². The van der Waals surface area contributed by atoms with Gasteiger partial charge in [0.15, 0.2) is 17.1 Å². The maximum absolute atomic E-state index is 13.7. The number of rotatable bonds is 9. The SMILES string of the molecule is CCC(=O)OCc1cnc(C)c2oc(=Nc3ccc(OC)c(OC)c3)c(C(=O)Nc3cc(Cl)ccc3OC)cc12. The van der Waals surface area contributed by atoms with E-state index in [4.69, 9.17) is 35.0 Å². The number of fused-ring (bicyclic) bond motifs is 1. The van der Waals surface area contributed by atoms with Gasteiger partial charge >= 0.3 is 5.97 Å². The second kappa shape index (κ2) is 12.5. The first-order valence-corrected chi connectivity index (χ1v) is 12.6. The summed E-state index contributed by atoms with van der Waals surface area (Å²) in [6.07, 6.45) is 1.81. The number of amides is 1. The van der Waals surface area contributed by atoms with Crippen molar-refractivity contribution in [3.05, 3.63) is 76.1 Å². The third-order valence-electron chi connectivity index (χ3n) is 5.98. The van der Waals surface area contributed by atoms with Crippen LogP contribution in [-0.4, -0.2) is 38.2 Å². The van der Waals surface area contributed by atoms with Gasteiger partial charge in [0.1, 0.15) is 17.9 Å². The standard InChI is InChI=1S/C29H28ClN3O7/c1-6-26(34)39-15-17-14-31-16(2)27-20(17)13-21(28(35)33-22-11-18(30)7-9-23(22)36-3)29(40-27)32-19-8-10-24(37-4)25(12-19)38-5/h7-14H,6,15H2,1-5H3,(H,33,35). The van der Waals surface area contributed by atoms with Crippen LogP contribution in [0.1, 0.15) is 35.0 Å². The molecule has 1 N–H and O–H groups in total. The molecule has 0 aliphatic carbocycles. The van der Waals surface area contributed by atoms with Gasteiger partial charge in [-0.3, -0.25) is 14.6 Å². The quantitative estimate of drug-likeness (QED) is 0.254. The molecule has 2 aromatic heterocycles. The van der Waals surface area contributed by atoms with E-state index < -0.39 is 5.91 Å². The predicted molar refractivity (Wildman–Crippen MR) is 150 cm³/mol. The number of anilines is 1. The van der Waals surface area contributed by atoms with Gasteiger partial charge in [-0.1, -0.05) is 18.5 Å². The second-order valence-corrected chi connectivity index (χ2v) is 8.98. The molecule has 4 aromatic rings. The first-order valence-electron chi connectivity index (χ1n) is 12.3. The van der Waals surface area contributed by atoms with Gasteiger partial charge in [-0.05, 0) is 43.3 Å². The van der Waals surface area contributed by atoms with E-state index in [1.807, 2.05) is 0 Å². The third kappa shape index (κ3) is 6.18. The summed E-state index contributed by atoms with van der Waals surface area (Å²) in [5.41, 5.74) is 2.46. The van der Waals surface area contributed by atoms with E-state index in [0.29, 0.717) is 55.9 Å². The van der Waals surface area contributed by atoms with Crippen LogP contribution in [0, 0.1) is 6.92 Å². The van der Waals surface area contributed by atoms with Crippen molar-refractivity contribution in [1.82, 2.24) is 4.98 Å². The van der Waals surface area contributed by atoms with Crippen LogP contribution in [0.25, 0.3) is 11.0 Å². The molecule has 40 heavy (non-hydrogen) atoms. The van der Waals surface area contributed by atoms with Crippen molar-refractivity contribution in [2.45, 2.75) is 26.9 Å². The van der Waals surface area contributed by atoms with Crippen molar-refractivity contribution < 1.29 is 33.0 Å². The minimum Gasteiger partial charge on any atom is -0.495 e. The molecule has 0 atom stereocenters. The van der Waals surface area contributed by atoms with Crippen LogP contribution in [0.5, 0.6) is 17.2 Å². The van der Waals surface area contributed by atoms with Crippen LogP contribution in [0.2, 0.25) is 5.02 Å². The molecule has 0 saturated carbocycles. The summed E-state index contributed by atoms with van der Waals surface area (Å²) in [6, 6.07) is 11.6. The number of hydrogen-bond donors (Lipinski definition) is 1. The summed E-state index contributed by atoms with van der Waals surface area (Å²) in [5, 5.41) is 3.79. The lowest BCUT2D eigenvalue weighted by atomic mass is 10.1. The molecule has 0 unspecified atom stereocenters. The Balaban J connectivity index is 1.92. The van der Waals surface area contributed by atoms with Crippen LogP contribution >= 0.6 is 11.6 Å². The zero-order valence-electron chi connectivity index (χ0n) is 22.7. The van der Waals surface area contributed by atoms with E-state index in [-0.39, 0.29) is 30.1 Å². The topological polar surface area (TPSA) is 121 Å². The molecule has 2 heterocycles. The summed E-state index contributed by atoms with van der Waals surface area (Å²) in [4.78, 5) is 34.5. The highest BCUT2D eigenvalue weighted by molar-refractivity contribution is 6.31. The highest BCUT2D eigenvalue weighted by atomic mass is 35.5.